The highest BCUT2D eigenvalue weighted by atomic mass is 16.5. The molecule has 19 heavy (non-hydrogen) atoms. The van der Waals surface area contributed by atoms with Crippen LogP contribution in [0.2, 0.25) is 0 Å². The number of rotatable bonds is 6. The summed E-state index contributed by atoms with van der Waals surface area (Å²) in [6.45, 7) is 8.07. The Bertz CT molecular complexity index is 546. The van der Waals surface area contributed by atoms with Crippen LogP contribution in [0.15, 0.2) is 24.3 Å². The third-order valence-corrected chi connectivity index (χ3v) is 3.20. The van der Waals surface area contributed by atoms with Crippen molar-refractivity contribution < 1.29 is 9.84 Å². The maximum Gasteiger partial charge on any atom is 0.135 e. The Morgan fingerprint density at radius 3 is 2.74 bits per heavy atom. The van der Waals surface area contributed by atoms with E-state index >= 15 is 0 Å². The summed E-state index contributed by atoms with van der Waals surface area (Å²) in [5.74, 6) is 0.942. The Balaban J connectivity index is 2.12. The van der Waals surface area contributed by atoms with E-state index in [1.807, 2.05) is 32.0 Å². The molecule has 1 aromatic heterocycles. The van der Waals surface area contributed by atoms with Crippen LogP contribution in [-0.4, -0.2) is 27.9 Å². The van der Waals surface area contributed by atoms with Crippen LogP contribution in [0.3, 0.4) is 0 Å². The molecule has 2 rings (SSSR count). The molecule has 4 nitrogen and oxygen atoms in total. The molecule has 0 spiro atoms. The molecule has 1 heterocycles. The number of aromatic nitrogens is 2. The zero-order valence-electron chi connectivity index (χ0n) is 11.9. The minimum absolute atomic E-state index is 0.122. The number of aryl methyl sites for hydroxylation is 1. The molecule has 0 fully saturated rings. The summed E-state index contributed by atoms with van der Waals surface area (Å²) in [4.78, 5) is 4.60. The zero-order valence-corrected chi connectivity index (χ0v) is 11.9. The van der Waals surface area contributed by atoms with E-state index in [1.54, 1.807) is 0 Å². The highest BCUT2D eigenvalue weighted by Crippen LogP contribution is 2.18. The van der Waals surface area contributed by atoms with Crippen molar-refractivity contribution in [3.05, 3.63) is 30.1 Å². The van der Waals surface area contributed by atoms with E-state index in [4.69, 9.17) is 4.74 Å². The Hall–Kier alpha value is -1.39. The van der Waals surface area contributed by atoms with Crippen LogP contribution in [-0.2, 0) is 17.9 Å². The average Bonchev–Trinajstić information content (AvgIpc) is 2.76. The van der Waals surface area contributed by atoms with Crippen LogP contribution in [0, 0.1) is 5.41 Å². The van der Waals surface area contributed by atoms with Gasteiger partial charge >= 0.3 is 0 Å². The number of aliphatic hydroxyl groups is 1. The Morgan fingerprint density at radius 1 is 1.32 bits per heavy atom. The number of aliphatic hydroxyl groups excluding tert-OH is 1. The number of fused-ring (bicyclic) bond motifs is 1. The normalized spacial score (nSPS) is 12.2. The van der Waals surface area contributed by atoms with Gasteiger partial charge in [-0.25, -0.2) is 4.98 Å². The summed E-state index contributed by atoms with van der Waals surface area (Å²) in [7, 11) is 0. The first-order chi connectivity index (χ1) is 9.07. The van der Waals surface area contributed by atoms with Crippen molar-refractivity contribution in [2.24, 2.45) is 5.41 Å². The fraction of sp³-hybridized carbons (Fsp3) is 0.533. The molecule has 104 valence electrons. The number of imidazole rings is 1. The van der Waals surface area contributed by atoms with E-state index in [0.29, 0.717) is 13.2 Å². The number of benzene rings is 1. The molecule has 4 heteroatoms. The highest BCUT2D eigenvalue weighted by Gasteiger charge is 2.17. The van der Waals surface area contributed by atoms with Crippen LogP contribution in [0.4, 0.5) is 0 Å². The summed E-state index contributed by atoms with van der Waals surface area (Å²) in [5, 5.41) is 9.21. The molecule has 0 radical (unpaired) electrons. The fourth-order valence-corrected chi connectivity index (χ4v) is 2.05. The van der Waals surface area contributed by atoms with Gasteiger partial charge in [0.05, 0.1) is 24.2 Å². The SMILES string of the molecule is CCn1c(COCC(C)(C)CO)nc2ccccc21. The smallest absolute Gasteiger partial charge is 0.135 e. The summed E-state index contributed by atoms with van der Waals surface area (Å²) < 4.78 is 7.87. The van der Waals surface area contributed by atoms with E-state index in [2.05, 4.69) is 22.5 Å². The van der Waals surface area contributed by atoms with E-state index in [1.165, 1.54) is 0 Å². The molecule has 0 unspecified atom stereocenters. The van der Waals surface area contributed by atoms with Crippen LogP contribution in [0.1, 0.15) is 26.6 Å². The van der Waals surface area contributed by atoms with Gasteiger partial charge in [0, 0.05) is 12.0 Å². The molecule has 0 saturated heterocycles. The van der Waals surface area contributed by atoms with Crippen molar-refractivity contribution in [1.82, 2.24) is 9.55 Å². The summed E-state index contributed by atoms with van der Waals surface area (Å²) in [5.41, 5.74) is 1.94. The summed E-state index contributed by atoms with van der Waals surface area (Å²) in [6.07, 6.45) is 0. The molecule has 0 atom stereocenters. The lowest BCUT2D eigenvalue weighted by Gasteiger charge is -2.21. The van der Waals surface area contributed by atoms with Crippen molar-refractivity contribution in [3.63, 3.8) is 0 Å². The molecule has 0 bridgehead atoms. The lowest BCUT2D eigenvalue weighted by molar-refractivity contribution is 0.0165. The van der Waals surface area contributed by atoms with E-state index in [-0.39, 0.29) is 12.0 Å². The average molecular weight is 262 g/mol. The van der Waals surface area contributed by atoms with Gasteiger partial charge in [-0.2, -0.15) is 0 Å². The van der Waals surface area contributed by atoms with Crippen molar-refractivity contribution in [2.45, 2.75) is 33.9 Å². The number of ether oxygens (including phenoxy) is 1. The van der Waals surface area contributed by atoms with Gasteiger partial charge in [-0.1, -0.05) is 26.0 Å². The maximum absolute atomic E-state index is 9.21. The lowest BCUT2D eigenvalue weighted by Crippen LogP contribution is -2.23. The first-order valence-electron chi connectivity index (χ1n) is 6.70. The summed E-state index contributed by atoms with van der Waals surface area (Å²) in [6, 6.07) is 8.11. The van der Waals surface area contributed by atoms with Gasteiger partial charge in [0.2, 0.25) is 0 Å². The molecular weight excluding hydrogens is 240 g/mol. The van der Waals surface area contributed by atoms with Crippen molar-refractivity contribution in [1.29, 1.82) is 0 Å². The monoisotopic (exact) mass is 262 g/mol. The Morgan fingerprint density at radius 2 is 2.05 bits per heavy atom. The molecule has 1 aromatic carbocycles. The van der Waals surface area contributed by atoms with Gasteiger partial charge in [-0.3, -0.25) is 0 Å². The number of hydrogen-bond acceptors (Lipinski definition) is 3. The standard InChI is InChI=1S/C15H22N2O2/c1-4-17-13-8-6-5-7-12(13)16-14(17)9-19-11-15(2,3)10-18/h5-8,18H,4,9-11H2,1-3H3. The number of nitrogens with zero attached hydrogens (tertiary/aromatic N) is 2. The second-order valence-corrected chi connectivity index (χ2v) is 5.58. The molecule has 2 aromatic rings. The molecule has 0 amide bonds. The Kier molecular flexibility index (Phi) is 4.22. The van der Waals surface area contributed by atoms with Crippen LogP contribution < -0.4 is 0 Å². The molecule has 0 aliphatic rings. The van der Waals surface area contributed by atoms with E-state index in [9.17, 15) is 5.11 Å². The third-order valence-electron chi connectivity index (χ3n) is 3.20. The predicted molar refractivity (Wildman–Crippen MR) is 75.9 cm³/mol. The van der Waals surface area contributed by atoms with Crippen molar-refractivity contribution in [3.8, 4) is 0 Å². The lowest BCUT2D eigenvalue weighted by atomic mass is 9.97. The van der Waals surface area contributed by atoms with Crippen LogP contribution in [0.5, 0.6) is 0 Å². The number of para-hydroxylation sites is 2. The zero-order chi connectivity index (χ0) is 13.9. The van der Waals surface area contributed by atoms with Gasteiger partial charge in [-0.15, -0.1) is 0 Å². The minimum atomic E-state index is -0.205. The van der Waals surface area contributed by atoms with Gasteiger partial charge in [0.1, 0.15) is 12.4 Å². The molecule has 0 saturated carbocycles. The van der Waals surface area contributed by atoms with Gasteiger partial charge in [0.15, 0.2) is 0 Å². The van der Waals surface area contributed by atoms with Crippen molar-refractivity contribution in [2.75, 3.05) is 13.2 Å². The predicted octanol–water partition coefficient (Wildman–Crippen LogP) is 2.59. The molecular formula is C15H22N2O2. The quantitative estimate of drug-likeness (QED) is 0.870. The second kappa shape index (κ2) is 5.72. The fourth-order valence-electron chi connectivity index (χ4n) is 2.05. The highest BCUT2D eigenvalue weighted by molar-refractivity contribution is 5.75. The van der Waals surface area contributed by atoms with Gasteiger partial charge in [-0.05, 0) is 19.1 Å². The van der Waals surface area contributed by atoms with Gasteiger partial charge in [0.25, 0.3) is 0 Å². The minimum Gasteiger partial charge on any atom is -0.396 e. The molecule has 0 aliphatic carbocycles. The van der Waals surface area contributed by atoms with E-state index in [0.717, 1.165) is 23.4 Å². The number of hydrogen-bond donors (Lipinski definition) is 1. The van der Waals surface area contributed by atoms with Gasteiger partial charge < -0.3 is 14.4 Å². The molecule has 1 N–H and O–H groups in total. The summed E-state index contributed by atoms with van der Waals surface area (Å²) >= 11 is 0. The largest absolute Gasteiger partial charge is 0.396 e. The maximum atomic E-state index is 9.21. The topological polar surface area (TPSA) is 47.3 Å². The second-order valence-electron chi connectivity index (χ2n) is 5.58. The Labute approximate surface area is 114 Å². The van der Waals surface area contributed by atoms with Crippen LogP contribution >= 0.6 is 0 Å². The van der Waals surface area contributed by atoms with Crippen molar-refractivity contribution >= 4 is 11.0 Å². The molecule has 0 aliphatic heterocycles. The third kappa shape index (κ3) is 3.14. The van der Waals surface area contributed by atoms with Crippen LogP contribution in [0.25, 0.3) is 11.0 Å². The first-order valence-corrected chi connectivity index (χ1v) is 6.70. The first kappa shape index (κ1) is 14.0. The van der Waals surface area contributed by atoms with E-state index < -0.39 is 0 Å².